The molecule has 29 heteroatoms. The first kappa shape index (κ1) is 57.3. The fourth-order valence-electron chi connectivity index (χ4n) is 6.14. The van der Waals surface area contributed by atoms with Crippen LogP contribution >= 0.6 is 35.2 Å². The number of aliphatic hydroxyl groups excluding tert-OH is 3. The Morgan fingerprint density at radius 2 is 1.65 bits per heavy atom. The summed E-state index contributed by atoms with van der Waals surface area (Å²) in [6.45, 7) is 2.54. The summed E-state index contributed by atoms with van der Waals surface area (Å²) in [5.74, 6) is -1.25. The second-order valence-electron chi connectivity index (χ2n) is 15.8. The largest absolute Gasteiger partial charge is 0.481 e. The van der Waals surface area contributed by atoms with E-state index < -0.39 is 90.7 Å². The Labute approximate surface area is 385 Å². The summed E-state index contributed by atoms with van der Waals surface area (Å²) >= 11 is 0.977. The lowest BCUT2D eigenvalue weighted by atomic mass is 9.87. The molecule has 374 valence electrons. The maximum absolute atomic E-state index is 12.7. The molecule has 2 aromatic rings. The third-order valence-electron chi connectivity index (χ3n) is 9.66. The van der Waals surface area contributed by atoms with Gasteiger partial charge in [0.2, 0.25) is 11.8 Å². The predicted octanol–water partition coefficient (Wildman–Crippen LogP) is 2.67. The van der Waals surface area contributed by atoms with E-state index in [2.05, 4.69) is 65.6 Å². The number of rotatable bonds is 31. The van der Waals surface area contributed by atoms with Gasteiger partial charge in [0.25, 0.3) is 0 Å². The minimum absolute atomic E-state index is 0.00922. The van der Waals surface area contributed by atoms with Crippen molar-refractivity contribution in [1.29, 1.82) is 0 Å². The number of imidazole rings is 1. The zero-order valence-corrected chi connectivity index (χ0v) is 40.3. The van der Waals surface area contributed by atoms with E-state index in [0.29, 0.717) is 6.42 Å². The van der Waals surface area contributed by atoms with Crippen LogP contribution in [0.25, 0.3) is 11.2 Å². The minimum atomic E-state index is -5.59. The molecule has 0 radical (unpaired) electrons. The van der Waals surface area contributed by atoms with Gasteiger partial charge in [0.15, 0.2) is 22.8 Å². The minimum Gasteiger partial charge on any atom is -0.393 e. The summed E-state index contributed by atoms with van der Waals surface area (Å²) < 4.78 is 62.3. The summed E-state index contributed by atoms with van der Waals surface area (Å²) in [5, 5.41) is 36.5. The molecule has 1 aliphatic rings. The van der Waals surface area contributed by atoms with E-state index in [9.17, 15) is 63.0 Å². The topological polar surface area (TPSA) is 384 Å². The van der Waals surface area contributed by atoms with Gasteiger partial charge in [0, 0.05) is 37.1 Å². The van der Waals surface area contributed by atoms with Gasteiger partial charge in [-0.05, 0) is 38.5 Å². The van der Waals surface area contributed by atoms with Gasteiger partial charge in [-0.1, -0.05) is 69.7 Å². The van der Waals surface area contributed by atoms with E-state index >= 15 is 0 Å². The molecule has 3 rings (SSSR count). The summed E-state index contributed by atoms with van der Waals surface area (Å²) in [5.41, 5.74) is 4.24. The highest BCUT2D eigenvalue weighted by molar-refractivity contribution is 8.13. The molecule has 66 heavy (non-hydrogen) atoms. The van der Waals surface area contributed by atoms with Crippen molar-refractivity contribution >= 4 is 69.1 Å². The van der Waals surface area contributed by atoms with Crippen molar-refractivity contribution in [2.45, 2.75) is 122 Å². The summed E-state index contributed by atoms with van der Waals surface area (Å²) in [6.07, 6.45) is 8.36. The van der Waals surface area contributed by atoms with E-state index in [4.69, 9.17) is 19.5 Å². The number of nitrogens with zero attached hydrogens (tertiary/aromatic N) is 4. The number of fused-ring (bicyclic) bond motifs is 1. The Morgan fingerprint density at radius 1 is 0.970 bits per heavy atom. The average Bonchev–Trinajstić information content (AvgIpc) is 3.79. The van der Waals surface area contributed by atoms with Crippen molar-refractivity contribution in [3.8, 4) is 0 Å². The molecule has 1 aliphatic heterocycles. The number of allylic oxidation sites excluding steroid dienone is 4. The van der Waals surface area contributed by atoms with Crippen molar-refractivity contribution in [2.24, 2.45) is 5.41 Å². The fraction of sp³-hybridized carbons (Fsp3) is 0.676. The van der Waals surface area contributed by atoms with E-state index in [1.54, 1.807) is 0 Å². The number of amides is 2. The Hall–Kier alpha value is -3.00. The highest BCUT2D eigenvalue weighted by Gasteiger charge is 2.50. The zero-order valence-electron chi connectivity index (χ0n) is 36.8. The number of nitrogen functional groups attached to an aromatic ring is 1. The normalized spacial score (nSPS) is 20.9. The number of nitrogens with two attached hydrogens (primary N) is 1. The molecule has 0 aromatic carbocycles. The first-order valence-electron chi connectivity index (χ1n) is 21.0. The molecular formula is C37H62N7O18P3S. The van der Waals surface area contributed by atoms with Crippen LogP contribution in [0, 0.1) is 5.41 Å². The average molecular weight is 1020 g/mol. The van der Waals surface area contributed by atoms with E-state index in [0.717, 1.165) is 54.7 Å². The van der Waals surface area contributed by atoms with Crippen molar-refractivity contribution < 1.29 is 85.6 Å². The molecule has 0 bridgehead atoms. The smallest absolute Gasteiger partial charge is 0.393 e. The van der Waals surface area contributed by atoms with Crippen LogP contribution < -0.4 is 16.4 Å². The standard InChI is InChI=1S/C37H62N7O18P3S/c1-4-5-6-7-8-9-10-11-12-13-14-15-25(45)20-28(47)66-19-18-39-27(46)16-17-40-35(50)32(49)37(2,3)22-59-65(56,57)62-64(54,55)58-21-26-31(61-63(51,52)53)30(48)36(60-26)44-24-43-29-33(38)41-23-42-34(29)44/h8-9,11-12,23-26,30-32,36,45,48-49H,4-7,10,13-22H2,1-3H3,(H,39,46)(H,40,50)(H,54,55)(H,56,57)(H2,38,41,42)(H2,51,52,53)/b9-8-,12-11-/t25-,26+,30+,31+,32-,36+/m0/s1. The zero-order chi connectivity index (χ0) is 49.1. The monoisotopic (exact) mass is 1020 g/mol. The highest BCUT2D eigenvalue weighted by atomic mass is 32.2. The molecule has 0 saturated carbocycles. The summed E-state index contributed by atoms with van der Waals surface area (Å²) in [6, 6.07) is 0. The molecular weight excluding hydrogens is 955 g/mol. The van der Waals surface area contributed by atoms with E-state index in [1.165, 1.54) is 33.1 Å². The van der Waals surface area contributed by atoms with Gasteiger partial charge in [0.1, 0.15) is 36.3 Å². The number of thioether (sulfide) groups is 1. The molecule has 8 atom stereocenters. The van der Waals surface area contributed by atoms with E-state index in [-0.39, 0.29) is 53.8 Å². The van der Waals surface area contributed by atoms with Crippen LogP contribution in [-0.4, -0.2) is 134 Å². The number of aromatic nitrogens is 4. The molecule has 2 aromatic heterocycles. The summed E-state index contributed by atoms with van der Waals surface area (Å²) in [7, 11) is -16.4. The highest BCUT2D eigenvalue weighted by Crippen LogP contribution is 2.61. The lowest BCUT2D eigenvalue weighted by molar-refractivity contribution is -0.137. The molecule has 0 aliphatic carbocycles. The second kappa shape index (κ2) is 27.3. The number of carbonyl (C=O) groups is 3. The van der Waals surface area contributed by atoms with Crippen molar-refractivity contribution in [1.82, 2.24) is 30.2 Å². The number of unbranched alkanes of at least 4 members (excludes halogenated alkanes) is 4. The van der Waals surface area contributed by atoms with Gasteiger partial charge < -0.3 is 56.0 Å². The molecule has 1 fully saturated rings. The Kier molecular flexibility index (Phi) is 23.7. The van der Waals surface area contributed by atoms with Crippen LogP contribution in [0.15, 0.2) is 37.0 Å². The number of aliphatic hydroxyl groups is 3. The van der Waals surface area contributed by atoms with E-state index in [1.807, 2.05) is 0 Å². The van der Waals surface area contributed by atoms with Crippen molar-refractivity contribution in [3.63, 3.8) is 0 Å². The van der Waals surface area contributed by atoms with Crippen LogP contribution in [0.3, 0.4) is 0 Å². The number of hydrogen-bond acceptors (Lipinski definition) is 19. The van der Waals surface area contributed by atoms with Gasteiger partial charge in [-0.15, -0.1) is 0 Å². The number of nitrogens with one attached hydrogen (secondary N) is 2. The molecule has 1 saturated heterocycles. The van der Waals surface area contributed by atoms with Crippen LogP contribution in [0.2, 0.25) is 0 Å². The number of phosphoric ester groups is 3. The maximum atomic E-state index is 12.7. The SMILES string of the molecule is CCCCC/C=C\C/C=C\CCC[C@H](O)CC(=O)SCCNC(=O)CCNC(=O)[C@H](O)C(C)(C)COP(=O)(O)OP(=O)(O)OC[C@H]1O[C@@H](n2cnc3c(N)ncnc32)[C@H](O)[C@@H]1OP(=O)(O)O. The molecule has 2 amide bonds. The van der Waals surface area contributed by atoms with Crippen molar-refractivity contribution in [3.05, 3.63) is 37.0 Å². The number of ether oxygens (including phenoxy) is 1. The van der Waals surface area contributed by atoms with Crippen LogP contribution in [-0.2, 0) is 50.7 Å². The van der Waals surface area contributed by atoms with Crippen LogP contribution in [0.5, 0.6) is 0 Å². The number of phosphoric acid groups is 3. The quantitative estimate of drug-likeness (QED) is 0.0295. The fourth-order valence-corrected chi connectivity index (χ4v) is 9.71. The first-order valence-corrected chi connectivity index (χ1v) is 26.5. The second-order valence-corrected chi connectivity index (χ2v) is 21.1. The summed E-state index contributed by atoms with van der Waals surface area (Å²) in [4.78, 5) is 88.3. The third kappa shape index (κ3) is 20.3. The van der Waals surface area contributed by atoms with Gasteiger partial charge in [-0.25, -0.2) is 28.6 Å². The Bertz CT molecular complexity index is 2090. The molecule has 0 spiro atoms. The molecule has 3 heterocycles. The molecule has 25 nitrogen and oxygen atoms in total. The van der Waals surface area contributed by atoms with Crippen molar-refractivity contribution in [2.75, 3.05) is 37.8 Å². The van der Waals surface area contributed by atoms with Crippen LogP contribution in [0.4, 0.5) is 5.82 Å². The maximum Gasteiger partial charge on any atom is 0.481 e. The molecule has 2 unspecified atom stereocenters. The lowest BCUT2D eigenvalue weighted by Gasteiger charge is -2.30. The van der Waals surface area contributed by atoms with Gasteiger partial charge in [0.05, 0.1) is 25.6 Å². The number of carbonyl (C=O) groups excluding carboxylic acids is 3. The lowest BCUT2D eigenvalue weighted by Crippen LogP contribution is -2.46. The van der Waals surface area contributed by atoms with Gasteiger partial charge in [-0.2, -0.15) is 4.31 Å². The third-order valence-corrected chi connectivity index (χ3v) is 13.7. The van der Waals surface area contributed by atoms with Gasteiger partial charge >= 0.3 is 23.5 Å². The molecule has 11 N–H and O–H groups in total. The first-order chi connectivity index (χ1) is 30.9. The number of anilines is 1. The predicted molar refractivity (Wildman–Crippen MR) is 239 cm³/mol. The Balaban J connectivity index is 1.35. The Morgan fingerprint density at radius 3 is 2.33 bits per heavy atom. The van der Waals surface area contributed by atoms with Crippen LogP contribution in [0.1, 0.15) is 91.2 Å². The van der Waals surface area contributed by atoms with Gasteiger partial charge in [-0.3, -0.25) is 32.5 Å². The number of hydrogen-bond donors (Lipinski definition) is 10.